The number of hydrogen-bond acceptors (Lipinski definition) is 5. The number of thiophene rings is 1. The molecule has 1 amide bonds. The number of rotatable bonds is 2. The number of hydrogen-bond donors (Lipinski definition) is 1. The minimum absolute atomic E-state index is 0.0474. The summed E-state index contributed by atoms with van der Waals surface area (Å²) in [4.78, 5) is 14.6. The lowest BCUT2D eigenvalue weighted by atomic mass is 10.1. The van der Waals surface area contributed by atoms with Gasteiger partial charge in [-0.3, -0.25) is 4.79 Å². The van der Waals surface area contributed by atoms with Crippen molar-refractivity contribution in [3.05, 3.63) is 16.0 Å². The van der Waals surface area contributed by atoms with Gasteiger partial charge in [-0.05, 0) is 24.8 Å². The van der Waals surface area contributed by atoms with Gasteiger partial charge in [-0.1, -0.05) is 0 Å². The van der Waals surface area contributed by atoms with Crippen molar-refractivity contribution in [1.82, 2.24) is 0 Å². The predicted octanol–water partition coefficient (Wildman–Crippen LogP) is 0.502. The number of anilines is 1. The summed E-state index contributed by atoms with van der Waals surface area (Å²) in [5.74, 6) is -0.277. The zero-order chi connectivity index (χ0) is 14.5. The molecule has 0 radical (unpaired) electrons. The van der Waals surface area contributed by atoms with Gasteiger partial charge in [0.25, 0.3) is 0 Å². The number of carbonyl (C=O) groups is 1. The molecule has 1 aliphatic heterocycles. The zero-order valence-electron chi connectivity index (χ0n) is 10.6. The molecule has 1 unspecified atom stereocenters. The molecule has 3 rings (SSSR count). The maximum absolute atomic E-state index is 12.0. The van der Waals surface area contributed by atoms with Crippen LogP contribution in [-0.4, -0.2) is 26.1 Å². The van der Waals surface area contributed by atoms with Gasteiger partial charge in [0.2, 0.25) is 15.9 Å². The van der Waals surface area contributed by atoms with Crippen molar-refractivity contribution in [2.75, 3.05) is 11.4 Å². The highest BCUT2D eigenvalue weighted by Crippen LogP contribution is 2.42. The van der Waals surface area contributed by atoms with Crippen LogP contribution in [0.4, 0.5) is 5.00 Å². The Bertz CT molecular complexity index is 730. The van der Waals surface area contributed by atoms with E-state index in [0.29, 0.717) is 10.6 Å². The first-order valence-corrected chi connectivity index (χ1v) is 8.71. The lowest BCUT2D eigenvalue weighted by Gasteiger charge is -2.14. The van der Waals surface area contributed by atoms with Gasteiger partial charge in [0, 0.05) is 17.8 Å². The summed E-state index contributed by atoms with van der Waals surface area (Å²) >= 11 is 1.43. The first kappa shape index (κ1) is 13.5. The number of nitrogens with two attached hydrogens (primary N) is 1. The van der Waals surface area contributed by atoms with Crippen LogP contribution in [0.5, 0.6) is 0 Å². The summed E-state index contributed by atoms with van der Waals surface area (Å²) in [7, 11) is -3.73. The van der Waals surface area contributed by atoms with Gasteiger partial charge in [-0.2, -0.15) is 5.26 Å². The van der Waals surface area contributed by atoms with Crippen LogP contribution in [0.3, 0.4) is 0 Å². The molecule has 1 aromatic rings. The predicted molar refractivity (Wildman–Crippen MR) is 74.9 cm³/mol. The summed E-state index contributed by atoms with van der Waals surface area (Å²) < 4.78 is 22.8. The molecule has 0 spiro atoms. The SMILES string of the molecule is N#Cc1c(N2CC(S(N)(=O)=O)CC2=O)sc2c1CCC2. The van der Waals surface area contributed by atoms with E-state index in [9.17, 15) is 18.5 Å². The Labute approximate surface area is 120 Å². The van der Waals surface area contributed by atoms with Crippen LogP contribution in [0, 0.1) is 11.3 Å². The molecule has 0 saturated carbocycles. The van der Waals surface area contributed by atoms with Crippen LogP contribution >= 0.6 is 11.3 Å². The Morgan fingerprint density at radius 3 is 2.75 bits per heavy atom. The highest BCUT2D eigenvalue weighted by molar-refractivity contribution is 7.89. The monoisotopic (exact) mass is 311 g/mol. The third-order valence-electron chi connectivity index (χ3n) is 3.81. The topological polar surface area (TPSA) is 104 Å². The van der Waals surface area contributed by atoms with Crippen LogP contribution < -0.4 is 10.0 Å². The van der Waals surface area contributed by atoms with Crippen LogP contribution in [0.15, 0.2) is 0 Å². The highest BCUT2D eigenvalue weighted by atomic mass is 32.2. The summed E-state index contributed by atoms with van der Waals surface area (Å²) in [5, 5.41) is 14.2. The van der Waals surface area contributed by atoms with Crippen molar-refractivity contribution in [2.45, 2.75) is 30.9 Å². The Hall–Kier alpha value is -1.43. The molecule has 20 heavy (non-hydrogen) atoms. The molecule has 0 bridgehead atoms. The van der Waals surface area contributed by atoms with E-state index in [-0.39, 0.29) is 18.9 Å². The minimum Gasteiger partial charge on any atom is -0.301 e. The molecule has 2 N–H and O–H groups in total. The van der Waals surface area contributed by atoms with Crippen LogP contribution in [0.2, 0.25) is 0 Å². The largest absolute Gasteiger partial charge is 0.301 e. The number of primary sulfonamides is 1. The van der Waals surface area contributed by atoms with Crippen molar-refractivity contribution < 1.29 is 13.2 Å². The van der Waals surface area contributed by atoms with E-state index in [2.05, 4.69) is 6.07 Å². The molecule has 2 aliphatic rings. The first-order valence-electron chi connectivity index (χ1n) is 6.28. The van der Waals surface area contributed by atoms with Gasteiger partial charge in [-0.25, -0.2) is 13.6 Å². The summed E-state index contributed by atoms with van der Waals surface area (Å²) in [6.07, 6.45) is 2.71. The second-order valence-electron chi connectivity index (χ2n) is 5.07. The maximum Gasteiger partial charge on any atom is 0.229 e. The fraction of sp³-hybridized carbons (Fsp3) is 0.500. The molecule has 6 nitrogen and oxygen atoms in total. The Morgan fingerprint density at radius 2 is 2.15 bits per heavy atom. The third kappa shape index (κ3) is 2.02. The maximum atomic E-state index is 12.0. The van der Waals surface area contributed by atoms with E-state index in [1.807, 2.05) is 0 Å². The van der Waals surface area contributed by atoms with Crippen molar-refractivity contribution in [1.29, 1.82) is 5.26 Å². The number of carbonyl (C=O) groups excluding carboxylic acids is 1. The van der Waals surface area contributed by atoms with E-state index in [4.69, 9.17) is 5.14 Å². The Balaban J connectivity index is 1.99. The van der Waals surface area contributed by atoms with Crippen LogP contribution in [0.25, 0.3) is 0 Å². The van der Waals surface area contributed by atoms with Gasteiger partial charge in [0.05, 0.1) is 5.56 Å². The number of nitriles is 1. The van der Waals surface area contributed by atoms with Gasteiger partial charge in [0.15, 0.2) is 0 Å². The first-order chi connectivity index (χ1) is 9.41. The van der Waals surface area contributed by atoms with E-state index in [1.54, 1.807) is 0 Å². The number of nitrogens with zero attached hydrogens (tertiary/aromatic N) is 2. The fourth-order valence-electron chi connectivity index (χ4n) is 2.79. The van der Waals surface area contributed by atoms with Gasteiger partial charge < -0.3 is 4.90 Å². The summed E-state index contributed by atoms with van der Waals surface area (Å²) in [5.41, 5.74) is 1.56. The number of amides is 1. The van der Waals surface area contributed by atoms with Gasteiger partial charge >= 0.3 is 0 Å². The lowest BCUT2D eigenvalue weighted by molar-refractivity contribution is -0.117. The van der Waals surface area contributed by atoms with E-state index in [1.165, 1.54) is 16.2 Å². The molecular weight excluding hydrogens is 298 g/mol. The quantitative estimate of drug-likeness (QED) is 0.858. The van der Waals surface area contributed by atoms with Gasteiger partial charge in [0.1, 0.15) is 16.3 Å². The molecule has 0 aromatic carbocycles. The second-order valence-corrected chi connectivity index (χ2v) is 8.00. The highest BCUT2D eigenvalue weighted by Gasteiger charge is 2.39. The standard InChI is InChI=1S/C12H13N3O3S2/c13-5-9-8-2-1-3-10(8)19-12(9)15-6-7(4-11(15)16)20(14,17)18/h7H,1-4,6H2,(H2,14,17,18). The molecule has 1 atom stereocenters. The van der Waals surface area contributed by atoms with Crippen LogP contribution in [0.1, 0.15) is 28.8 Å². The van der Waals surface area contributed by atoms with E-state index in [0.717, 1.165) is 29.7 Å². The second kappa shape index (κ2) is 4.55. The van der Waals surface area contributed by atoms with Crippen molar-refractivity contribution >= 4 is 32.3 Å². The average Bonchev–Trinajstić information content (AvgIpc) is 2.99. The van der Waals surface area contributed by atoms with Crippen molar-refractivity contribution in [3.63, 3.8) is 0 Å². The lowest BCUT2D eigenvalue weighted by Crippen LogP contribution is -2.32. The van der Waals surface area contributed by atoms with Gasteiger partial charge in [-0.15, -0.1) is 11.3 Å². The number of sulfonamides is 1. The zero-order valence-corrected chi connectivity index (χ0v) is 12.3. The molecule has 1 saturated heterocycles. The third-order valence-corrected chi connectivity index (χ3v) is 6.37. The molecule has 1 aromatic heterocycles. The summed E-state index contributed by atoms with van der Waals surface area (Å²) in [6.45, 7) is 0.0474. The number of aryl methyl sites for hydroxylation is 1. The molecule has 8 heteroatoms. The molecule has 2 heterocycles. The smallest absolute Gasteiger partial charge is 0.229 e. The normalized spacial score (nSPS) is 22.1. The average molecular weight is 311 g/mol. The van der Waals surface area contributed by atoms with Crippen molar-refractivity contribution in [2.24, 2.45) is 5.14 Å². The fourth-order valence-corrected chi connectivity index (χ4v) is 4.88. The van der Waals surface area contributed by atoms with Crippen molar-refractivity contribution in [3.8, 4) is 6.07 Å². The molecule has 1 aliphatic carbocycles. The number of fused-ring (bicyclic) bond motifs is 1. The Kier molecular flexibility index (Phi) is 3.08. The molecular formula is C12H13N3O3S2. The molecule has 1 fully saturated rings. The minimum atomic E-state index is -3.73. The Morgan fingerprint density at radius 1 is 1.40 bits per heavy atom. The van der Waals surface area contributed by atoms with E-state index < -0.39 is 15.3 Å². The molecule has 106 valence electrons. The van der Waals surface area contributed by atoms with Crippen LogP contribution in [-0.2, 0) is 27.7 Å². The summed E-state index contributed by atoms with van der Waals surface area (Å²) in [6, 6.07) is 2.16. The van der Waals surface area contributed by atoms with E-state index >= 15 is 0 Å².